The monoisotopic (exact) mass is 310 g/mol. The third kappa shape index (κ3) is 3.29. The van der Waals surface area contributed by atoms with E-state index in [0.29, 0.717) is 29.1 Å². The zero-order valence-electron chi connectivity index (χ0n) is 11.9. The van der Waals surface area contributed by atoms with Gasteiger partial charge in [0, 0.05) is 5.56 Å². The first-order valence-corrected chi connectivity index (χ1v) is 7.33. The lowest BCUT2D eigenvalue weighted by Crippen LogP contribution is -2.56. The minimum Gasteiger partial charge on any atom is -0.480 e. The number of nitrogen functional groups attached to an aromatic ring is 1. The van der Waals surface area contributed by atoms with Gasteiger partial charge in [-0.05, 0) is 37.0 Å². The van der Waals surface area contributed by atoms with Gasteiger partial charge >= 0.3 is 5.97 Å². The topological polar surface area (TPSA) is 92.4 Å². The fraction of sp³-hybridized carbons (Fsp3) is 0.467. The molecule has 21 heavy (non-hydrogen) atoms. The van der Waals surface area contributed by atoms with Crippen LogP contribution in [0.15, 0.2) is 18.2 Å². The first-order valence-electron chi connectivity index (χ1n) is 6.95. The van der Waals surface area contributed by atoms with Gasteiger partial charge in [-0.15, -0.1) is 0 Å². The number of aliphatic carboxylic acids is 1. The molecule has 2 atom stereocenters. The van der Waals surface area contributed by atoms with Crippen molar-refractivity contribution in [3.63, 3.8) is 0 Å². The Hall–Kier alpha value is -1.75. The van der Waals surface area contributed by atoms with E-state index in [1.165, 1.54) is 18.2 Å². The zero-order chi connectivity index (χ0) is 15.6. The van der Waals surface area contributed by atoms with Crippen molar-refractivity contribution in [2.45, 2.75) is 38.1 Å². The number of hydrogen-bond donors (Lipinski definition) is 3. The summed E-state index contributed by atoms with van der Waals surface area (Å²) in [7, 11) is 0. The summed E-state index contributed by atoms with van der Waals surface area (Å²) >= 11 is 5.82. The Morgan fingerprint density at radius 2 is 2.19 bits per heavy atom. The Balaban J connectivity index is 2.22. The van der Waals surface area contributed by atoms with Gasteiger partial charge in [-0.25, -0.2) is 4.79 Å². The minimum absolute atomic E-state index is 0.269. The molecule has 0 spiro atoms. The van der Waals surface area contributed by atoms with Crippen molar-refractivity contribution < 1.29 is 14.7 Å². The smallest absolute Gasteiger partial charge is 0.329 e. The third-order valence-electron chi connectivity index (χ3n) is 4.02. The number of halogens is 1. The van der Waals surface area contributed by atoms with Crippen LogP contribution in [0.1, 0.15) is 43.0 Å². The van der Waals surface area contributed by atoms with E-state index in [1.54, 1.807) is 0 Å². The molecule has 1 saturated carbocycles. The molecular formula is C15H19ClN2O3. The van der Waals surface area contributed by atoms with Crippen LogP contribution >= 0.6 is 11.6 Å². The normalized spacial score (nSPS) is 25.3. The Bertz CT molecular complexity index is 576. The molecule has 114 valence electrons. The highest BCUT2D eigenvalue weighted by Crippen LogP contribution is 2.33. The maximum Gasteiger partial charge on any atom is 0.329 e. The quantitative estimate of drug-likeness (QED) is 0.748. The molecule has 6 heteroatoms. The van der Waals surface area contributed by atoms with Crippen LogP contribution < -0.4 is 11.1 Å². The molecule has 0 radical (unpaired) electrons. The Morgan fingerprint density at radius 1 is 1.48 bits per heavy atom. The summed E-state index contributed by atoms with van der Waals surface area (Å²) in [4.78, 5) is 24.0. The standard InChI is InChI=1S/C15H19ClN2O3/c1-9-3-2-6-15(8-9,14(20)21)18-13(19)10-4-5-11(16)12(17)7-10/h4-5,7,9H,2-3,6,8,17H2,1H3,(H,18,19)(H,20,21). The summed E-state index contributed by atoms with van der Waals surface area (Å²) in [6, 6.07) is 4.53. The molecule has 1 aromatic carbocycles. The summed E-state index contributed by atoms with van der Waals surface area (Å²) in [5.74, 6) is -1.15. The number of rotatable bonds is 3. The van der Waals surface area contributed by atoms with Gasteiger partial charge in [-0.1, -0.05) is 31.4 Å². The third-order valence-corrected chi connectivity index (χ3v) is 4.36. The first-order chi connectivity index (χ1) is 9.84. The van der Waals surface area contributed by atoms with Crippen molar-refractivity contribution in [1.82, 2.24) is 5.32 Å². The van der Waals surface area contributed by atoms with Gasteiger partial charge in [0.2, 0.25) is 0 Å². The number of benzene rings is 1. The molecule has 0 heterocycles. The van der Waals surface area contributed by atoms with Crippen LogP contribution in [0.4, 0.5) is 5.69 Å². The number of anilines is 1. The van der Waals surface area contributed by atoms with Crippen LogP contribution in [0.5, 0.6) is 0 Å². The highest BCUT2D eigenvalue weighted by Gasteiger charge is 2.43. The number of carboxylic acid groups (broad SMARTS) is 1. The highest BCUT2D eigenvalue weighted by molar-refractivity contribution is 6.33. The lowest BCUT2D eigenvalue weighted by Gasteiger charge is -2.37. The number of carboxylic acids is 1. The van der Waals surface area contributed by atoms with E-state index in [0.717, 1.165) is 12.8 Å². The lowest BCUT2D eigenvalue weighted by molar-refractivity contribution is -0.146. The molecule has 0 saturated heterocycles. The minimum atomic E-state index is -1.19. The molecule has 1 aromatic rings. The lowest BCUT2D eigenvalue weighted by atomic mass is 9.76. The van der Waals surface area contributed by atoms with Gasteiger partial charge in [0.15, 0.2) is 0 Å². The summed E-state index contributed by atoms with van der Waals surface area (Å²) in [6.07, 6.45) is 2.66. The van der Waals surface area contributed by atoms with Crippen molar-refractivity contribution in [1.29, 1.82) is 0 Å². The van der Waals surface area contributed by atoms with Gasteiger partial charge < -0.3 is 16.2 Å². The fourth-order valence-electron chi connectivity index (χ4n) is 2.89. The van der Waals surface area contributed by atoms with Crippen LogP contribution in [0, 0.1) is 5.92 Å². The van der Waals surface area contributed by atoms with E-state index in [2.05, 4.69) is 5.32 Å². The van der Waals surface area contributed by atoms with Crippen LogP contribution in [0.3, 0.4) is 0 Å². The number of hydrogen-bond acceptors (Lipinski definition) is 3. The van der Waals surface area contributed by atoms with Crippen molar-refractivity contribution in [2.24, 2.45) is 5.92 Å². The molecule has 1 aliphatic carbocycles. The van der Waals surface area contributed by atoms with Crippen LogP contribution in [-0.4, -0.2) is 22.5 Å². The summed E-state index contributed by atoms with van der Waals surface area (Å²) in [5.41, 5.74) is 5.10. The molecule has 0 bridgehead atoms. The van der Waals surface area contributed by atoms with E-state index in [9.17, 15) is 14.7 Å². The molecule has 1 aliphatic rings. The maximum absolute atomic E-state index is 12.3. The van der Waals surface area contributed by atoms with Crippen LogP contribution in [-0.2, 0) is 4.79 Å². The first kappa shape index (κ1) is 15.6. The van der Waals surface area contributed by atoms with Crippen molar-refractivity contribution in [3.05, 3.63) is 28.8 Å². The Kier molecular flexibility index (Phi) is 4.42. The zero-order valence-corrected chi connectivity index (χ0v) is 12.6. The average molecular weight is 311 g/mol. The molecule has 0 aliphatic heterocycles. The van der Waals surface area contributed by atoms with Crippen LogP contribution in [0.2, 0.25) is 5.02 Å². The highest BCUT2D eigenvalue weighted by atomic mass is 35.5. The van der Waals surface area contributed by atoms with E-state index < -0.39 is 17.4 Å². The summed E-state index contributed by atoms with van der Waals surface area (Å²) in [5, 5.41) is 12.6. The number of amides is 1. The van der Waals surface area contributed by atoms with E-state index in [4.69, 9.17) is 17.3 Å². The van der Waals surface area contributed by atoms with Gasteiger partial charge in [-0.2, -0.15) is 0 Å². The summed E-state index contributed by atoms with van der Waals surface area (Å²) in [6.45, 7) is 2.00. The Morgan fingerprint density at radius 3 is 2.76 bits per heavy atom. The molecule has 4 N–H and O–H groups in total. The number of nitrogens with one attached hydrogen (secondary N) is 1. The van der Waals surface area contributed by atoms with Gasteiger partial charge in [0.1, 0.15) is 5.54 Å². The van der Waals surface area contributed by atoms with Gasteiger partial charge in [0.05, 0.1) is 10.7 Å². The molecule has 5 nitrogen and oxygen atoms in total. The van der Waals surface area contributed by atoms with Crippen molar-refractivity contribution in [3.8, 4) is 0 Å². The van der Waals surface area contributed by atoms with Crippen molar-refractivity contribution in [2.75, 3.05) is 5.73 Å². The SMILES string of the molecule is CC1CCCC(NC(=O)c2ccc(Cl)c(N)c2)(C(=O)O)C1. The average Bonchev–Trinajstić information content (AvgIpc) is 2.41. The predicted molar refractivity (Wildman–Crippen MR) is 81.3 cm³/mol. The van der Waals surface area contributed by atoms with E-state index in [1.807, 2.05) is 6.92 Å². The largest absolute Gasteiger partial charge is 0.480 e. The van der Waals surface area contributed by atoms with E-state index >= 15 is 0 Å². The molecule has 1 fully saturated rings. The van der Waals surface area contributed by atoms with Gasteiger partial charge in [0.25, 0.3) is 5.91 Å². The second-order valence-corrected chi connectivity index (χ2v) is 6.19. The van der Waals surface area contributed by atoms with Crippen LogP contribution in [0.25, 0.3) is 0 Å². The maximum atomic E-state index is 12.3. The summed E-state index contributed by atoms with van der Waals surface area (Å²) < 4.78 is 0. The molecule has 0 aromatic heterocycles. The van der Waals surface area contributed by atoms with E-state index in [-0.39, 0.29) is 5.92 Å². The second-order valence-electron chi connectivity index (χ2n) is 5.78. The molecule has 1 amide bonds. The number of carbonyl (C=O) groups excluding carboxylic acids is 1. The van der Waals surface area contributed by atoms with Gasteiger partial charge in [-0.3, -0.25) is 4.79 Å². The molecule has 2 rings (SSSR count). The number of carbonyl (C=O) groups is 2. The molecular weight excluding hydrogens is 292 g/mol. The second kappa shape index (κ2) is 5.93. The van der Waals surface area contributed by atoms with Crippen molar-refractivity contribution >= 4 is 29.2 Å². The predicted octanol–water partition coefficient (Wildman–Crippen LogP) is 2.69. The molecule has 2 unspecified atom stereocenters. The Labute approximate surface area is 128 Å². The fourth-order valence-corrected chi connectivity index (χ4v) is 3.00. The number of nitrogens with two attached hydrogens (primary N) is 1.